The summed E-state index contributed by atoms with van der Waals surface area (Å²) in [4.78, 5) is 16.9. The smallest absolute Gasteiger partial charge is 0.0786 e. The summed E-state index contributed by atoms with van der Waals surface area (Å²) in [5.41, 5.74) is 0. The Morgan fingerprint density at radius 2 is 0.714 bits per heavy atom. The minimum Gasteiger partial charge on any atom is -0.804 e. The predicted octanol–water partition coefficient (Wildman–Crippen LogP) is 3.36. The first-order chi connectivity index (χ1) is 13.3. The maximum Gasteiger partial charge on any atom is 0.0786 e. The van der Waals surface area contributed by atoms with Crippen molar-refractivity contribution in [3.63, 3.8) is 0 Å². The van der Waals surface area contributed by atoms with Gasteiger partial charge in [-0.1, -0.05) is 26.7 Å². The zero-order valence-electron chi connectivity index (χ0n) is 20.2. The molecule has 28 heavy (non-hydrogen) atoms. The zero-order valence-corrected chi connectivity index (χ0v) is 22.5. The van der Waals surface area contributed by atoms with E-state index in [0.717, 1.165) is 0 Å². The van der Waals surface area contributed by atoms with E-state index in [4.69, 9.17) is 18.9 Å². The molecule has 6 nitrogen and oxygen atoms in total. The molecule has 0 aromatic heterocycles. The van der Waals surface area contributed by atoms with Gasteiger partial charge in [0, 0.05) is 0 Å². The molecule has 2 atom stereocenters. The average Bonchev–Trinajstić information content (AvgIpc) is 2.73. The number of unbranched alkanes of at least 4 members (excludes halogenated alkanes) is 2. The van der Waals surface area contributed by atoms with E-state index in [9.17, 15) is 0 Å². The van der Waals surface area contributed by atoms with Gasteiger partial charge in [-0.3, -0.25) is 0 Å². The summed E-state index contributed by atoms with van der Waals surface area (Å²) in [6.45, 7) is 28.9. The number of quaternary nitrogens is 2. The lowest BCUT2D eigenvalue weighted by molar-refractivity contribution is -0.923. The minimum atomic E-state index is -1.75. The second-order valence-corrected chi connectivity index (χ2v) is 7.31. The van der Waals surface area contributed by atoms with Crippen LogP contribution in [0.15, 0.2) is 0 Å². The third-order valence-electron chi connectivity index (χ3n) is 6.00. The van der Waals surface area contributed by atoms with Gasteiger partial charge < -0.3 is 27.9 Å². The molecule has 0 aliphatic rings. The highest BCUT2D eigenvalue weighted by Crippen LogP contribution is 2.08. The second-order valence-electron chi connectivity index (χ2n) is 6.93. The fourth-order valence-corrected chi connectivity index (χ4v) is 3.28. The lowest BCUT2D eigenvalue weighted by Crippen LogP contribution is -2.48. The summed E-state index contributed by atoms with van der Waals surface area (Å²) in [7, 11) is -3.50. The normalized spacial score (nSPS) is 11.5. The van der Waals surface area contributed by atoms with Crippen molar-refractivity contribution in [1.82, 2.24) is 0 Å². The van der Waals surface area contributed by atoms with E-state index in [1.807, 2.05) is 0 Å². The Balaban J connectivity index is -0.000000160. The average molecular weight is 447 g/mol. The van der Waals surface area contributed by atoms with Gasteiger partial charge in [-0.05, 0) is 71.8 Å². The van der Waals surface area contributed by atoms with E-state index in [1.165, 1.54) is 87.0 Å². The highest BCUT2D eigenvalue weighted by molar-refractivity contribution is 7.14. The number of hydrogen-bond donors (Lipinski definition) is 0. The molecule has 0 saturated carbocycles. The molecule has 0 bridgehead atoms. The molecule has 0 N–H and O–H groups in total. The molecule has 0 aromatic rings. The van der Waals surface area contributed by atoms with Gasteiger partial charge >= 0.3 is 0 Å². The van der Waals surface area contributed by atoms with E-state index >= 15 is 0 Å². The molecule has 0 aliphatic heterocycles. The molecule has 0 heterocycles. The highest BCUT2D eigenvalue weighted by atomic mass is 31.1. The quantitative estimate of drug-likeness (QED) is 0.340. The van der Waals surface area contributed by atoms with Crippen LogP contribution in [0.4, 0.5) is 0 Å². The Labute approximate surface area is 179 Å². The van der Waals surface area contributed by atoms with Crippen molar-refractivity contribution in [2.24, 2.45) is 0 Å². The number of rotatable bonds is 12. The van der Waals surface area contributed by atoms with E-state index in [-0.39, 0.29) is 0 Å². The standard InChI is InChI=1S/2C10H24N.2H3O2P/c2*1-5-9-10-11(6-2,7-3)8-4;2*1-3-2/h2*5-10H2,1-4H3;2*3H2,(H,1,2)/q2*+1;;/p-2. The molecule has 8 heteroatoms. The van der Waals surface area contributed by atoms with Crippen LogP contribution in [0.2, 0.25) is 0 Å². The topological polar surface area (TPSA) is 80.3 Å². The van der Waals surface area contributed by atoms with E-state index in [0.29, 0.717) is 0 Å². The molecular formula is C20H52N2O4P2. The molecule has 0 amide bonds. The summed E-state index contributed by atoms with van der Waals surface area (Å²) >= 11 is 0. The van der Waals surface area contributed by atoms with E-state index in [2.05, 4.69) is 55.4 Å². The molecule has 0 spiro atoms. The minimum absolute atomic E-state index is 1.30. The second kappa shape index (κ2) is 27.3. The van der Waals surface area contributed by atoms with Crippen molar-refractivity contribution in [1.29, 1.82) is 0 Å². The van der Waals surface area contributed by atoms with Gasteiger partial charge in [0.2, 0.25) is 0 Å². The first kappa shape index (κ1) is 35.7. The van der Waals surface area contributed by atoms with Crippen LogP contribution in [0, 0.1) is 0 Å². The predicted molar refractivity (Wildman–Crippen MR) is 124 cm³/mol. The lowest BCUT2D eigenvalue weighted by Gasteiger charge is -2.35. The van der Waals surface area contributed by atoms with Crippen molar-refractivity contribution < 1.29 is 27.9 Å². The van der Waals surface area contributed by atoms with Crippen LogP contribution in [0.5, 0.6) is 0 Å². The van der Waals surface area contributed by atoms with Crippen LogP contribution in [-0.4, -0.2) is 61.3 Å². The van der Waals surface area contributed by atoms with Crippen LogP contribution >= 0.6 is 17.4 Å². The van der Waals surface area contributed by atoms with Gasteiger partial charge in [-0.2, -0.15) is 0 Å². The summed E-state index contributed by atoms with van der Waals surface area (Å²) in [6.07, 6.45) is 5.44. The van der Waals surface area contributed by atoms with Crippen LogP contribution in [0.3, 0.4) is 0 Å². The zero-order chi connectivity index (χ0) is 22.9. The third-order valence-corrected chi connectivity index (χ3v) is 6.00. The van der Waals surface area contributed by atoms with Crippen LogP contribution in [0.1, 0.15) is 81.1 Å². The summed E-state index contributed by atoms with van der Waals surface area (Å²) in [6, 6.07) is 0. The summed E-state index contributed by atoms with van der Waals surface area (Å²) in [5.74, 6) is 0. The van der Waals surface area contributed by atoms with Gasteiger partial charge in [0.05, 0.1) is 52.4 Å². The lowest BCUT2D eigenvalue weighted by atomic mass is 10.2. The maximum absolute atomic E-state index is 8.46. The SMILES string of the molecule is CCCC[N+](CC)(CC)CC.CCCC[N+](CC)(CC)CC.O=[PH2][O-].O=[PH2][O-]. The highest BCUT2D eigenvalue weighted by Gasteiger charge is 2.19. The van der Waals surface area contributed by atoms with Gasteiger partial charge in [0.25, 0.3) is 0 Å². The molecule has 0 rings (SSSR count). The van der Waals surface area contributed by atoms with Gasteiger partial charge in [-0.15, -0.1) is 0 Å². The molecule has 0 aromatic carbocycles. The Morgan fingerprint density at radius 3 is 0.821 bits per heavy atom. The molecular weight excluding hydrogens is 394 g/mol. The molecule has 176 valence electrons. The molecule has 0 saturated heterocycles. The van der Waals surface area contributed by atoms with Crippen molar-refractivity contribution in [2.75, 3.05) is 52.4 Å². The molecule has 0 fully saturated rings. The molecule has 2 unspecified atom stereocenters. The van der Waals surface area contributed by atoms with Crippen LogP contribution < -0.4 is 9.79 Å². The summed E-state index contributed by atoms with van der Waals surface area (Å²) in [5, 5.41) is 0. The number of hydrogen-bond acceptors (Lipinski definition) is 4. The van der Waals surface area contributed by atoms with Crippen molar-refractivity contribution in [3.05, 3.63) is 0 Å². The largest absolute Gasteiger partial charge is 0.804 e. The fraction of sp³-hybridized carbons (Fsp3) is 1.00. The summed E-state index contributed by atoms with van der Waals surface area (Å²) < 4.78 is 19.5. The van der Waals surface area contributed by atoms with Crippen LogP contribution in [-0.2, 0) is 9.13 Å². The van der Waals surface area contributed by atoms with Gasteiger partial charge in [0.15, 0.2) is 0 Å². The van der Waals surface area contributed by atoms with E-state index in [1.54, 1.807) is 0 Å². The van der Waals surface area contributed by atoms with Gasteiger partial charge in [-0.25, -0.2) is 0 Å². The Morgan fingerprint density at radius 1 is 0.536 bits per heavy atom. The van der Waals surface area contributed by atoms with Crippen molar-refractivity contribution >= 4 is 17.4 Å². The Kier molecular flexibility index (Phi) is 34.8. The number of nitrogens with zero attached hydrogens (tertiary/aromatic N) is 2. The van der Waals surface area contributed by atoms with Crippen molar-refractivity contribution in [2.45, 2.75) is 81.1 Å². The van der Waals surface area contributed by atoms with Crippen LogP contribution in [0.25, 0.3) is 0 Å². The fourth-order valence-electron chi connectivity index (χ4n) is 3.28. The Bertz CT molecular complexity index is 268. The van der Waals surface area contributed by atoms with E-state index < -0.39 is 17.4 Å². The molecule has 0 radical (unpaired) electrons. The maximum atomic E-state index is 8.46. The monoisotopic (exact) mass is 446 g/mol. The van der Waals surface area contributed by atoms with Crippen molar-refractivity contribution in [3.8, 4) is 0 Å². The first-order valence-electron chi connectivity index (χ1n) is 11.1. The molecule has 0 aliphatic carbocycles. The first-order valence-corrected chi connectivity index (χ1v) is 13.0. The third kappa shape index (κ3) is 21.0. The van der Waals surface area contributed by atoms with Gasteiger partial charge in [0.1, 0.15) is 0 Å². The Hall–Kier alpha value is 0.300.